The van der Waals surface area contributed by atoms with Crippen LogP contribution in [0.25, 0.3) is 22.4 Å². The number of hydrogen-bond acceptors (Lipinski definition) is 6. The van der Waals surface area contributed by atoms with Crippen LogP contribution in [0.15, 0.2) is 41.5 Å². The maximum Gasteiger partial charge on any atom is 0.279 e. The van der Waals surface area contributed by atoms with Crippen LogP contribution in [0.3, 0.4) is 0 Å². The van der Waals surface area contributed by atoms with Crippen molar-refractivity contribution < 1.29 is 4.74 Å². The monoisotopic (exact) mass is 499 g/mol. The molecule has 4 aliphatic rings. The maximum atomic E-state index is 14.1. The Bertz CT molecular complexity index is 1330. The maximum absolute atomic E-state index is 14.1. The Morgan fingerprint density at radius 3 is 2.30 bits per heavy atom. The fourth-order valence-electron chi connectivity index (χ4n) is 8.38. The van der Waals surface area contributed by atoms with Gasteiger partial charge in [-0.1, -0.05) is 37.8 Å². The fourth-order valence-corrected chi connectivity index (χ4v) is 8.38. The Kier molecular flexibility index (Phi) is 5.99. The first-order valence-corrected chi connectivity index (χ1v) is 14.3. The Balaban J connectivity index is 1.26. The molecule has 7 rings (SSSR count). The number of hydrogen-bond donors (Lipinski definition) is 0. The highest BCUT2D eigenvalue weighted by atomic mass is 16.5. The SMILES string of the molecule is COc1cncc(-c2nc3ccccc3n(C3C[C@H]4CCC[C@@H](C3)N4C3C[C@H]4CCC[C@@H](C3)C4)c2=O)n1. The van der Waals surface area contributed by atoms with Crippen LogP contribution in [0.2, 0.25) is 0 Å². The topological polar surface area (TPSA) is 73.1 Å². The van der Waals surface area contributed by atoms with E-state index in [1.807, 2.05) is 18.2 Å². The smallest absolute Gasteiger partial charge is 0.279 e. The van der Waals surface area contributed by atoms with Gasteiger partial charge in [0.1, 0.15) is 5.69 Å². The quantitative estimate of drug-likeness (QED) is 0.479. The molecular formula is C30H37N5O2. The molecule has 4 bridgehead atoms. The van der Waals surface area contributed by atoms with Gasteiger partial charge in [-0.2, -0.15) is 0 Å². The van der Waals surface area contributed by atoms with Crippen LogP contribution in [0, 0.1) is 11.8 Å². The lowest BCUT2D eigenvalue weighted by atomic mass is 9.68. The summed E-state index contributed by atoms with van der Waals surface area (Å²) in [7, 11) is 1.56. The summed E-state index contributed by atoms with van der Waals surface area (Å²) >= 11 is 0. The molecule has 3 aromatic rings. The van der Waals surface area contributed by atoms with E-state index in [2.05, 4.69) is 25.5 Å². The summed E-state index contributed by atoms with van der Waals surface area (Å²) in [6, 6.07) is 10.1. The van der Waals surface area contributed by atoms with E-state index in [4.69, 9.17) is 9.72 Å². The Labute approximate surface area is 218 Å². The second-order valence-electron chi connectivity index (χ2n) is 11.9. The van der Waals surface area contributed by atoms with Gasteiger partial charge in [-0.3, -0.25) is 14.7 Å². The lowest BCUT2D eigenvalue weighted by molar-refractivity contribution is -0.0485. The zero-order valence-electron chi connectivity index (χ0n) is 21.8. The summed E-state index contributed by atoms with van der Waals surface area (Å²) in [6.45, 7) is 0. The summed E-state index contributed by atoms with van der Waals surface area (Å²) in [6.07, 6.45) is 17.6. The number of methoxy groups -OCH3 is 1. The molecular weight excluding hydrogens is 462 g/mol. The molecule has 0 radical (unpaired) electrons. The van der Waals surface area contributed by atoms with Crippen molar-refractivity contribution in [1.29, 1.82) is 0 Å². The van der Waals surface area contributed by atoms with Gasteiger partial charge in [-0.25, -0.2) is 9.97 Å². The molecule has 0 spiro atoms. The van der Waals surface area contributed by atoms with Crippen LogP contribution in [0.5, 0.6) is 5.88 Å². The zero-order chi connectivity index (χ0) is 24.9. The summed E-state index contributed by atoms with van der Waals surface area (Å²) in [5, 5.41) is 0. The van der Waals surface area contributed by atoms with E-state index in [1.54, 1.807) is 19.5 Å². The number of fused-ring (bicyclic) bond motifs is 5. The second-order valence-corrected chi connectivity index (χ2v) is 11.9. The number of rotatable bonds is 4. The molecule has 6 atom stereocenters. The number of nitrogens with zero attached hydrogens (tertiary/aromatic N) is 5. The van der Waals surface area contributed by atoms with Gasteiger partial charge < -0.3 is 9.30 Å². The van der Waals surface area contributed by atoms with Crippen LogP contribution >= 0.6 is 0 Å². The Morgan fingerprint density at radius 2 is 1.54 bits per heavy atom. The summed E-state index contributed by atoms with van der Waals surface area (Å²) in [5.74, 6) is 2.27. The van der Waals surface area contributed by atoms with Gasteiger partial charge >= 0.3 is 0 Å². The van der Waals surface area contributed by atoms with E-state index in [0.717, 1.165) is 41.8 Å². The molecule has 1 aromatic carbocycles. The standard InChI is InChI=1S/C30H37N5O2/c1-37-28-18-31-17-26(32-28)29-30(36)35(27-11-3-2-10-25(27)33-29)24-15-21-8-5-9-22(16-24)34(21)23-13-19-6-4-7-20(12-19)14-23/h2-3,10-11,17-24H,4-9,12-16H2,1H3/t19-,20+,21-,22+,23?,24?. The first-order valence-electron chi connectivity index (χ1n) is 14.3. The van der Waals surface area contributed by atoms with Gasteiger partial charge in [0.25, 0.3) is 5.56 Å². The molecule has 2 aliphatic carbocycles. The molecule has 7 nitrogen and oxygen atoms in total. The summed E-state index contributed by atoms with van der Waals surface area (Å²) in [5.41, 5.74) is 2.52. The molecule has 4 heterocycles. The zero-order valence-corrected chi connectivity index (χ0v) is 21.8. The van der Waals surface area contributed by atoms with E-state index < -0.39 is 0 Å². The van der Waals surface area contributed by atoms with Gasteiger partial charge in [0.2, 0.25) is 5.88 Å². The van der Waals surface area contributed by atoms with Crippen LogP contribution in [0.1, 0.15) is 76.7 Å². The first kappa shape index (κ1) is 23.3. The molecule has 7 heteroatoms. The highest BCUT2D eigenvalue weighted by molar-refractivity contribution is 5.77. The fraction of sp³-hybridized carbons (Fsp3) is 0.600. The third kappa shape index (κ3) is 4.15. The first-order chi connectivity index (χ1) is 18.2. The van der Waals surface area contributed by atoms with Crippen molar-refractivity contribution in [1.82, 2.24) is 24.4 Å². The number of ether oxygens (including phenoxy) is 1. The van der Waals surface area contributed by atoms with E-state index in [1.165, 1.54) is 57.8 Å². The normalized spacial score (nSPS) is 31.8. The number of aromatic nitrogens is 4. The molecule has 194 valence electrons. The Hall–Kier alpha value is -2.80. The molecule has 4 fully saturated rings. The van der Waals surface area contributed by atoms with Crippen molar-refractivity contribution in [3.63, 3.8) is 0 Å². The minimum atomic E-state index is -0.0648. The van der Waals surface area contributed by atoms with Crippen molar-refractivity contribution in [3.8, 4) is 17.3 Å². The van der Waals surface area contributed by atoms with Gasteiger partial charge in [0.15, 0.2) is 5.69 Å². The highest BCUT2D eigenvalue weighted by Crippen LogP contribution is 2.47. The van der Waals surface area contributed by atoms with Crippen molar-refractivity contribution >= 4 is 11.0 Å². The average Bonchev–Trinajstić information content (AvgIpc) is 2.92. The van der Waals surface area contributed by atoms with E-state index >= 15 is 0 Å². The van der Waals surface area contributed by atoms with Gasteiger partial charge in [-0.15, -0.1) is 0 Å². The van der Waals surface area contributed by atoms with E-state index in [9.17, 15) is 4.79 Å². The Morgan fingerprint density at radius 1 is 0.811 bits per heavy atom. The molecule has 2 aromatic heterocycles. The lowest BCUT2D eigenvalue weighted by Gasteiger charge is -2.55. The van der Waals surface area contributed by atoms with E-state index in [-0.39, 0.29) is 11.6 Å². The molecule has 2 saturated carbocycles. The van der Waals surface area contributed by atoms with Crippen LogP contribution in [0.4, 0.5) is 0 Å². The van der Waals surface area contributed by atoms with Crippen molar-refractivity contribution in [2.45, 2.75) is 94.8 Å². The van der Waals surface area contributed by atoms with Crippen LogP contribution < -0.4 is 10.3 Å². The number of piperidine rings is 2. The second kappa shape index (κ2) is 9.50. The predicted molar refractivity (Wildman–Crippen MR) is 144 cm³/mol. The largest absolute Gasteiger partial charge is 0.480 e. The van der Waals surface area contributed by atoms with Gasteiger partial charge in [-0.05, 0) is 68.9 Å². The number of benzene rings is 1. The van der Waals surface area contributed by atoms with Crippen LogP contribution in [-0.2, 0) is 0 Å². The van der Waals surface area contributed by atoms with Gasteiger partial charge in [0, 0.05) is 24.2 Å². The number of para-hydroxylation sites is 2. The molecule has 0 N–H and O–H groups in total. The molecule has 0 amide bonds. The minimum absolute atomic E-state index is 0.0648. The lowest BCUT2D eigenvalue weighted by Crippen LogP contribution is -2.58. The summed E-state index contributed by atoms with van der Waals surface area (Å²) < 4.78 is 7.33. The van der Waals surface area contributed by atoms with Crippen LogP contribution in [-0.4, -0.2) is 49.7 Å². The van der Waals surface area contributed by atoms with Crippen molar-refractivity contribution in [2.75, 3.05) is 7.11 Å². The molecule has 2 saturated heterocycles. The summed E-state index contributed by atoms with van der Waals surface area (Å²) in [4.78, 5) is 30.6. The third-order valence-electron chi connectivity index (χ3n) is 9.75. The van der Waals surface area contributed by atoms with Crippen molar-refractivity contribution in [3.05, 3.63) is 47.0 Å². The molecule has 2 unspecified atom stereocenters. The van der Waals surface area contributed by atoms with Gasteiger partial charge in [0.05, 0.1) is 30.5 Å². The third-order valence-corrected chi connectivity index (χ3v) is 9.75. The highest BCUT2D eigenvalue weighted by Gasteiger charge is 2.45. The average molecular weight is 500 g/mol. The molecule has 2 aliphatic heterocycles. The predicted octanol–water partition coefficient (Wildman–Crippen LogP) is 5.39. The minimum Gasteiger partial charge on any atom is -0.480 e. The van der Waals surface area contributed by atoms with Crippen molar-refractivity contribution in [2.24, 2.45) is 11.8 Å². The molecule has 37 heavy (non-hydrogen) atoms. The van der Waals surface area contributed by atoms with E-state index in [0.29, 0.717) is 29.4 Å².